The highest BCUT2D eigenvalue weighted by molar-refractivity contribution is 7.96. The molecule has 0 aliphatic heterocycles. The van der Waals surface area contributed by atoms with Crippen LogP contribution in [0.2, 0.25) is 0 Å². The first-order chi connectivity index (χ1) is 14.2. The molecule has 0 aliphatic carbocycles. The summed E-state index contributed by atoms with van der Waals surface area (Å²) in [7, 11) is -2.14. The molecule has 4 rings (SSSR count). The van der Waals surface area contributed by atoms with Gasteiger partial charge in [-0.25, -0.2) is 0 Å². The number of rotatable bonds is 6. The second kappa shape index (κ2) is 8.55. The normalized spacial score (nSPS) is 11.2. The lowest BCUT2D eigenvalue weighted by Gasteiger charge is -2.27. The van der Waals surface area contributed by atoms with Gasteiger partial charge in [-0.05, 0) is 49.4 Å². The molecule has 0 aliphatic rings. The molecule has 0 saturated carbocycles. The predicted octanol–water partition coefficient (Wildman–Crippen LogP) is 5.17. The molecule has 0 spiro atoms. The SMILES string of the molecule is Cc1cccc(C(=O)C[P+](c2ccccc2)(c2ccccc2)c2ccccc2)c1. The molecular weight excluding hydrogens is 371 g/mol. The van der Waals surface area contributed by atoms with Crippen LogP contribution >= 0.6 is 7.26 Å². The lowest BCUT2D eigenvalue weighted by molar-refractivity contribution is 0.102. The summed E-state index contributed by atoms with van der Waals surface area (Å²) >= 11 is 0. The predicted molar refractivity (Wildman–Crippen MR) is 126 cm³/mol. The average molecular weight is 395 g/mol. The molecule has 0 atom stereocenters. The minimum Gasteiger partial charge on any atom is -0.290 e. The van der Waals surface area contributed by atoms with E-state index in [1.807, 2.05) is 49.4 Å². The second-order valence-electron chi connectivity index (χ2n) is 7.27. The Morgan fingerprint density at radius 2 is 1.07 bits per heavy atom. The number of aryl methyl sites for hydroxylation is 1. The number of benzene rings is 4. The first-order valence-corrected chi connectivity index (χ1v) is 11.8. The minimum absolute atomic E-state index is 0.193. The molecule has 4 aromatic carbocycles. The van der Waals surface area contributed by atoms with Crippen LogP contribution in [-0.2, 0) is 0 Å². The molecule has 4 aromatic rings. The Kier molecular flexibility index (Phi) is 5.69. The lowest BCUT2D eigenvalue weighted by atomic mass is 10.1. The molecule has 1 nitrogen and oxygen atoms in total. The molecule has 29 heavy (non-hydrogen) atoms. The van der Waals surface area contributed by atoms with Crippen molar-refractivity contribution in [2.75, 3.05) is 6.16 Å². The molecule has 142 valence electrons. The van der Waals surface area contributed by atoms with E-state index in [1.54, 1.807) is 0 Å². The van der Waals surface area contributed by atoms with Gasteiger partial charge in [0.15, 0.2) is 0 Å². The summed E-state index contributed by atoms with van der Waals surface area (Å²) in [6, 6.07) is 39.6. The van der Waals surface area contributed by atoms with E-state index >= 15 is 0 Å². The van der Waals surface area contributed by atoms with Crippen molar-refractivity contribution >= 4 is 29.0 Å². The third kappa shape index (κ3) is 3.92. The van der Waals surface area contributed by atoms with E-state index in [9.17, 15) is 4.79 Å². The van der Waals surface area contributed by atoms with Crippen molar-refractivity contribution in [1.29, 1.82) is 0 Å². The first kappa shape index (κ1) is 19.3. The molecule has 0 saturated heterocycles. The zero-order valence-electron chi connectivity index (χ0n) is 16.5. The van der Waals surface area contributed by atoms with Gasteiger partial charge in [-0.15, -0.1) is 0 Å². The number of hydrogen-bond donors (Lipinski definition) is 0. The third-order valence-electron chi connectivity index (χ3n) is 5.31. The lowest BCUT2D eigenvalue weighted by Crippen LogP contribution is -2.35. The van der Waals surface area contributed by atoms with Gasteiger partial charge in [0, 0.05) is 5.56 Å². The van der Waals surface area contributed by atoms with Crippen molar-refractivity contribution in [1.82, 2.24) is 0 Å². The summed E-state index contributed by atoms with van der Waals surface area (Å²) < 4.78 is 0. The average Bonchev–Trinajstić information content (AvgIpc) is 2.79. The maximum Gasteiger partial charge on any atom is 0.201 e. The largest absolute Gasteiger partial charge is 0.290 e. The Bertz CT molecular complexity index is 992. The standard InChI is InChI=1S/C27H24OP/c1-22-12-11-13-23(20-22)27(28)21-29(24-14-5-2-6-15-24,25-16-7-3-8-17-25)26-18-9-4-10-19-26/h2-20H,21H2,1H3/q+1. The van der Waals surface area contributed by atoms with Crippen molar-refractivity contribution in [3.8, 4) is 0 Å². The minimum atomic E-state index is -2.14. The molecular formula is C27H24OP+. The van der Waals surface area contributed by atoms with Gasteiger partial charge in [0.1, 0.15) is 29.3 Å². The van der Waals surface area contributed by atoms with Crippen molar-refractivity contribution in [2.24, 2.45) is 0 Å². The van der Waals surface area contributed by atoms with Gasteiger partial charge in [0.05, 0.1) is 0 Å². The molecule has 0 radical (unpaired) electrons. The van der Waals surface area contributed by atoms with E-state index in [2.05, 4.69) is 72.8 Å². The molecule has 0 amide bonds. The molecule has 0 aromatic heterocycles. The van der Waals surface area contributed by atoms with Crippen molar-refractivity contribution in [3.63, 3.8) is 0 Å². The number of carbonyl (C=O) groups excluding carboxylic acids is 1. The van der Waals surface area contributed by atoms with Crippen LogP contribution < -0.4 is 15.9 Å². The topological polar surface area (TPSA) is 17.1 Å². The fraction of sp³-hybridized carbons (Fsp3) is 0.0741. The monoisotopic (exact) mass is 395 g/mol. The summed E-state index contributed by atoms with van der Waals surface area (Å²) in [4.78, 5) is 13.6. The van der Waals surface area contributed by atoms with E-state index in [1.165, 1.54) is 15.9 Å². The second-order valence-corrected chi connectivity index (χ2v) is 10.8. The van der Waals surface area contributed by atoms with E-state index in [4.69, 9.17) is 0 Å². The summed E-state index contributed by atoms with van der Waals surface area (Å²) in [6.07, 6.45) is 0.481. The van der Waals surface area contributed by atoms with E-state index in [-0.39, 0.29) is 5.78 Å². The van der Waals surface area contributed by atoms with Gasteiger partial charge in [0.2, 0.25) is 5.78 Å². The molecule has 0 heterocycles. The van der Waals surface area contributed by atoms with Gasteiger partial charge in [-0.2, -0.15) is 0 Å². The van der Waals surface area contributed by atoms with E-state index in [0.717, 1.165) is 11.1 Å². The van der Waals surface area contributed by atoms with Crippen molar-refractivity contribution in [2.45, 2.75) is 6.92 Å². The highest BCUT2D eigenvalue weighted by Crippen LogP contribution is 2.55. The third-order valence-corrected chi connectivity index (χ3v) is 9.61. The fourth-order valence-electron chi connectivity index (χ4n) is 3.89. The number of Topliss-reactive ketones (excluding diaryl/α,β-unsaturated/α-hetero) is 1. The Hall–Kier alpha value is -3.02. The summed E-state index contributed by atoms with van der Waals surface area (Å²) in [5, 5.41) is 3.70. The first-order valence-electron chi connectivity index (χ1n) is 9.85. The fourth-order valence-corrected chi connectivity index (χ4v) is 7.99. The Morgan fingerprint density at radius 3 is 1.48 bits per heavy atom. The van der Waals surface area contributed by atoms with Crippen LogP contribution in [0.15, 0.2) is 115 Å². The summed E-state index contributed by atoms with van der Waals surface area (Å²) in [5.74, 6) is 0.193. The zero-order chi connectivity index (χ0) is 20.1. The van der Waals surface area contributed by atoms with Crippen LogP contribution in [0.5, 0.6) is 0 Å². The summed E-state index contributed by atoms with van der Waals surface area (Å²) in [5.41, 5.74) is 1.90. The molecule has 2 heteroatoms. The Morgan fingerprint density at radius 1 is 0.621 bits per heavy atom. The zero-order valence-corrected chi connectivity index (χ0v) is 17.4. The van der Waals surface area contributed by atoms with Crippen LogP contribution in [0.25, 0.3) is 0 Å². The highest BCUT2D eigenvalue weighted by Gasteiger charge is 2.47. The Labute approximate surface area is 173 Å². The highest BCUT2D eigenvalue weighted by atomic mass is 31.2. The van der Waals surface area contributed by atoms with Gasteiger partial charge in [-0.3, -0.25) is 4.79 Å². The number of ketones is 1. The van der Waals surface area contributed by atoms with Crippen LogP contribution in [0.3, 0.4) is 0 Å². The summed E-state index contributed by atoms with van der Waals surface area (Å²) in [6.45, 7) is 2.03. The van der Waals surface area contributed by atoms with Crippen molar-refractivity contribution < 1.29 is 4.79 Å². The molecule has 0 bridgehead atoms. The van der Waals surface area contributed by atoms with Gasteiger partial charge in [-0.1, -0.05) is 78.4 Å². The van der Waals surface area contributed by atoms with Crippen LogP contribution in [0, 0.1) is 6.92 Å². The van der Waals surface area contributed by atoms with Crippen LogP contribution in [0.1, 0.15) is 15.9 Å². The Balaban J connectivity index is 1.94. The molecule has 0 fully saturated rings. The molecule has 0 unspecified atom stereocenters. The maximum atomic E-state index is 13.6. The van der Waals surface area contributed by atoms with Gasteiger partial charge >= 0.3 is 0 Å². The van der Waals surface area contributed by atoms with Gasteiger partial charge in [0.25, 0.3) is 0 Å². The quantitative estimate of drug-likeness (QED) is 0.325. The van der Waals surface area contributed by atoms with Crippen LogP contribution in [-0.4, -0.2) is 11.9 Å². The van der Waals surface area contributed by atoms with Crippen LogP contribution in [0.4, 0.5) is 0 Å². The number of carbonyl (C=O) groups is 1. The van der Waals surface area contributed by atoms with E-state index < -0.39 is 7.26 Å². The van der Waals surface area contributed by atoms with Gasteiger partial charge < -0.3 is 0 Å². The smallest absolute Gasteiger partial charge is 0.201 e. The van der Waals surface area contributed by atoms with Crippen molar-refractivity contribution in [3.05, 3.63) is 126 Å². The molecule has 0 N–H and O–H groups in total. The number of hydrogen-bond acceptors (Lipinski definition) is 1. The van der Waals surface area contributed by atoms with E-state index in [0.29, 0.717) is 6.16 Å². The maximum absolute atomic E-state index is 13.6.